The molecule has 1 aliphatic heterocycles. The number of anilines is 1. The van der Waals surface area contributed by atoms with E-state index in [9.17, 15) is 9.59 Å². The van der Waals surface area contributed by atoms with Crippen molar-refractivity contribution in [2.75, 3.05) is 10.7 Å². The Labute approximate surface area is 184 Å². The van der Waals surface area contributed by atoms with Crippen LogP contribution in [0.2, 0.25) is 0 Å². The summed E-state index contributed by atoms with van der Waals surface area (Å²) in [7, 11) is 0. The summed E-state index contributed by atoms with van der Waals surface area (Å²) >= 11 is 1.51. The van der Waals surface area contributed by atoms with Crippen LogP contribution in [-0.2, 0) is 17.9 Å². The van der Waals surface area contributed by atoms with E-state index in [0.29, 0.717) is 24.4 Å². The molecule has 6 heteroatoms. The second-order valence-electron chi connectivity index (χ2n) is 7.38. The number of benzene rings is 3. The van der Waals surface area contributed by atoms with Gasteiger partial charge in [0.1, 0.15) is 5.58 Å². The summed E-state index contributed by atoms with van der Waals surface area (Å²) < 4.78 is 5.55. The Bertz CT molecular complexity index is 1270. The summed E-state index contributed by atoms with van der Waals surface area (Å²) in [5, 5.41) is 3.96. The molecule has 0 fully saturated rings. The van der Waals surface area contributed by atoms with Crippen LogP contribution in [-0.4, -0.2) is 17.6 Å². The highest BCUT2D eigenvalue weighted by atomic mass is 32.2. The Balaban J connectivity index is 1.37. The lowest BCUT2D eigenvalue weighted by molar-refractivity contribution is -0.116. The van der Waals surface area contributed by atoms with Gasteiger partial charge in [-0.2, -0.15) is 0 Å². The molecule has 1 aromatic heterocycles. The van der Waals surface area contributed by atoms with Gasteiger partial charge >= 0.3 is 0 Å². The highest BCUT2D eigenvalue weighted by Gasteiger charge is 2.26. The molecule has 2 heterocycles. The Morgan fingerprint density at radius 2 is 1.84 bits per heavy atom. The monoisotopic (exact) mass is 428 g/mol. The summed E-state index contributed by atoms with van der Waals surface area (Å²) in [5.41, 5.74) is 4.09. The van der Waals surface area contributed by atoms with Gasteiger partial charge in [0.05, 0.1) is 24.2 Å². The van der Waals surface area contributed by atoms with Crippen LogP contribution >= 0.6 is 11.8 Å². The molecule has 5 nitrogen and oxygen atoms in total. The maximum Gasteiger partial charge on any atom is 0.251 e. The number of furan rings is 1. The number of nitrogens with one attached hydrogen (secondary N) is 1. The molecule has 0 bridgehead atoms. The molecule has 0 atom stereocenters. The number of rotatable bonds is 5. The lowest BCUT2D eigenvalue weighted by Crippen LogP contribution is -2.35. The number of hydrogen-bond acceptors (Lipinski definition) is 4. The van der Waals surface area contributed by atoms with Crippen molar-refractivity contribution in [1.82, 2.24) is 5.32 Å². The maximum atomic E-state index is 12.9. The number of nitrogens with zero attached hydrogens (tertiary/aromatic N) is 1. The minimum atomic E-state index is -0.184. The summed E-state index contributed by atoms with van der Waals surface area (Å²) in [4.78, 5) is 28.3. The largest absolute Gasteiger partial charge is 0.464 e. The summed E-state index contributed by atoms with van der Waals surface area (Å²) in [6.07, 6.45) is 1.68. The second kappa shape index (κ2) is 8.32. The number of carbonyl (C=O) groups excluding carboxylic acids is 2. The van der Waals surface area contributed by atoms with E-state index in [1.165, 1.54) is 11.8 Å². The molecule has 3 aromatic carbocycles. The fourth-order valence-corrected chi connectivity index (χ4v) is 4.65. The molecular formula is C25H20N2O3S. The SMILES string of the molecule is O=C(NCc1coc2ccccc12)c1ccc2c(c1)N(Cc1ccccc1)C(=O)CS2. The Kier molecular flexibility index (Phi) is 5.22. The second-order valence-corrected chi connectivity index (χ2v) is 8.39. The van der Waals surface area contributed by atoms with Gasteiger partial charge in [0, 0.05) is 28.0 Å². The number of amides is 2. The average molecular weight is 429 g/mol. The first-order chi connectivity index (χ1) is 15.2. The normalized spacial score (nSPS) is 13.3. The number of fused-ring (bicyclic) bond motifs is 2. The van der Waals surface area contributed by atoms with Gasteiger partial charge in [0.25, 0.3) is 5.91 Å². The van der Waals surface area contributed by atoms with E-state index in [2.05, 4.69) is 5.32 Å². The number of para-hydroxylation sites is 1. The molecule has 0 aliphatic carbocycles. The van der Waals surface area contributed by atoms with E-state index in [4.69, 9.17) is 4.42 Å². The van der Waals surface area contributed by atoms with E-state index in [0.717, 1.165) is 32.7 Å². The zero-order valence-corrected chi connectivity index (χ0v) is 17.5. The maximum absolute atomic E-state index is 12.9. The average Bonchev–Trinajstić information content (AvgIpc) is 3.23. The molecule has 2 amide bonds. The smallest absolute Gasteiger partial charge is 0.251 e. The van der Waals surface area contributed by atoms with E-state index < -0.39 is 0 Å². The van der Waals surface area contributed by atoms with Gasteiger partial charge in [-0.25, -0.2) is 0 Å². The van der Waals surface area contributed by atoms with Crippen molar-refractivity contribution in [2.45, 2.75) is 18.0 Å². The molecule has 0 spiro atoms. The minimum Gasteiger partial charge on any atom is -0.464 e. The van der Waals surface area contributed by atoms with Crippen LogP contribution in [0.15, 0.2) is 88.4 Å². The molecular weight excluding hydrogens is 408 g/mol. The van der Waals surface area contributed by atoms with E-state index >= 15 is 0 Å². The predicted molar refractivity (Wildman–Crippen MR) is 122 cm³/mol. The number of thioether (sulfide) groups is 1. The van der Waals surface area contributed by atoms with Crippen molar-refractivity contribution >= 4 is 40.2 Å². The Morgan fingerprint density at radius 3 is 2.71 bits per heavy atom. The standard InChI is InChI=1S/C25H20N2O3S/c28-24-16-31-23-11-10-18(12-21(23)27(24)14-17-6-2-1-3-7-17)25(29)26-13-19-15-30-22-9-5-4-8-20(19)22/h1-12,15H,13-14,16H2,(H,26,29). The van der Waals surface area contributed by atoms with Crippen LogP contribution in [0, 0.1) is 0 Å². The molecule has 1 aliphatic rings. The lowest BCUT2D eigenvalue weighted by atomic mass is 10.1. The van der Waals surface area contributed by atoms with Gasteiger partial charge < -0.3 is 14.6 Å². The van der Waals surface area contributed by atoms with Crippen molar-refractivity contribution in [3.05, 3.63) is 95.7 Å². The minimum absolute atomic E-state index is 0.0452. The van der Waals surface area contributed by atoms with Crippen molar-refractivity contribution in [3.8, 4) is 0 Å². The first-order valence-electron chi connectivity index (χ1n) is 10.0. The van der Waals surface area contributed by atoms with Gasteiger partial charge in [0.2, 0.25) is 5.91 Å². The number of carbonyl (C=O) groups is 2. The van der Waals surface area contributed by atoms with Crippen LogP contribution in [0.25, 0.3) is 11.0 Å². The highest BCUT2D eigenvalue weighted by molar-refractivity contribution is 8.00. The fourth-order valence-electron chi connectivity index (χ4n) is 3.73. The van der Waals surface area contributed by atoms with Crippen molar-refractivity contribution in [2.24, 2.45) is 0 Å². The van der Waals surface area contributed by atoms with Crippen molar-refractivity contribution in [3.63, 3.8) is 0 Å². The lowest BCUT2D eigenvalue weighted by Gasteiger charge is -2.29. The Hall–Kier alpha value is -3.51. The van der Waals surface area contributed by atoms with E-state index in [1.54, 1.807) is 11.2 Å². The first-order valence-corrected chi connectivity index (χ1v) is 11.0. The first kappa shape index (κ1) is 19.5. The third kappa shape index (κ3) is 3.94. The topological polar surface area (TPSA) is 62.6 Å². The molecule has 31 heavy (non-hydrogen) atoms. The van der Waals surface area contributed by atoms with Gasteiger partial charge in [-0.05, 0) is 29.8 Å². The third-order valence-corrected chi connectivity index (χ3v) is 6.40. The van der Waals surface area contributed by atoms with Crippen LogP contribution in [0.5, 0.6) is 0 Å². The molecule has 5 rings (SSSR count). The summed E-state index contributed by atoms with van der Waals surface area (Å²) in [6.45, 7) is 0.855. The highest BCUT2D eigenvalue weighted by Crippen LogP contribution is 2.37. The molecule has 0 radical (unpaired) electrons. The van der Waals surface area contributed by atoms with E-state index in [1.807, 2.05) is 72.8 Å². The van der Waals surface area contributed by atoms with Gasteiger partial charge in [0.15, 0.2) is 0 Å². The molecule has 0 saturated heterocycles. The quantitative estimate of drug-likeness (QED) is 0.486. The molecule has 0 saturated carbocycles. The number of hydrogen-bond donors (Lipinski definition) is 1. The van der Waals surface area contributed by atoms with Crippen LogP contribution in [0.1, 0.15) is 21.5 Å². The molecule has 1 N–H and O–H groups in total. The predicted octanol–water partition coefficient (Wildman–Crippen LogP) is 5.00. The Morgan fingerprint density at radius 1 is 1.03 bits per heavy atom. The van der Waals surface area contributed by atoms with Gasteiger partial charge in [-0.1, -0.05) is 48.5 Å². The van der Waals surface area contributed by atoms with Crippen LogP contribution < -0.4 is 10.2 Å². The summed E-state index contributed by atoms with van der Waals surface area (Å²) in [6, 6.07) is 23.2. The van der Waals surface area contributed by atoms with E-state index in [-0.39, 0.29) is 11.8 Å². The van der Waals surface area contributed by atoms with Crippen molar-refractivity contribution < 1.29 is 14.0 Å². The van der Waals surface area contributed by atoms with Gasteiger partial charge in [-0.3, -0.25) is 9.59 Å². The van der Waals surface area contributed by atoms with Crippen LogP contribution in [0.4, 0.5) is 5.69 Å². The molecule has 154 valence electrons. The van der Waals surface area contributed by atoms with Crippen LogP contribution in [0.3, 0.4) is 0 Å². The van der Waals surface area contributed by atoms with Gasteiger partial charge in [-0.15, -0.1) is 11.8 Å². The molecule has 4 aromatic rings. The zero-order valence-electron chi connectivity index (χ0n) is 16.7. The fraction of sp³-hybridized carbons (Fsp3) is 0.120. The summed E-state index contributed by atoms with van der Waals surface area (Å²) in [5.74, 6) is 0.262. The zero-order chi connectivity index (χ0) is 21.2. The van der Waals surface area contributed by atoms with Crippen molar-refractivity contribution in [1.29, 1.82) is 0 Å². The molecule has 0 unspecified atom stereocenters. The third-order valence-electron chi connectivity index (χ3n) is 5.35.